The number of hydrogen-bond acceptors (Lipinski definition) is 7. The summed E-state index contributed by atoms with van der Waals surface area (Å²) >= 11 is 0. The van der Waals surface area contributed by atoms with Crippen molar-refractivity contribution in [3.63, 3.8) is 0 Å². The quantitative estimate of drug-likeness (QED) is 0.162. The predicted octanol–water partition coefficient (Wildman–Crippen LogP) is 2.43. The van der Waals surface area contributed by atoms with Crippen molar-refractivity contribution in [2.24, 2.45) is 7.05 Å². The van der Waals surface area contributed by atoms with Crippen LogP contribution in [0.2, 0.25) is 0 Å². The van der Waals surface area contributed by atoms with E-state index in [9.17, 15) is 23.1 Å². The Balaban J connectivity index is 1.41. The Hall–Kier alpha value is -4.23. The van der Waals surface area contributed by atoms with E-state index >= 15 is 0 Å². The number of aliphatic carboxylic acids is 1. The summed E-state index contributed by atoms with van der Waals surface area (Å²) in [5.41, 5.74) is 3.87. The van der Waals surface area contributed by atoms with Crippen LogP contribution in [0.3, 0.4) is 0 Å². The molecule has 4 aromatic rings. The van der Waals surface area contributed by atoms with Gasteiger partial charge in [-0.3, -0.25) is 14.3 Å². The minimum atomic E-state index is -4.15. The minimum absolute atomic E-state index is 0.0323. The summed E-state index contributed by atoms with van der Waals surface area (Å²) in [7, 11) is -2.36. The topological polar surface area (TPSA) is 171 Å². The van der Waals surface area contributed by atoms with Gasteiger partial charge in [0.25, 0.3) is 5.91 Å². The Bertz CT molecular complexity index is 1620. The predicted molar refractivity (Wildman–Crippen MR) is 151 cm³/mol. The van der Waals surface area contributed by atoms with Crippen molar-refractivity contribution in [1.82, 2.24) is 29.8 Å². The summed E-state index contributed by atoms with van der Waals surface area (Å²) in [5.74, 6) is -1.22. The SMILES string of the molecule is Cc1cc(C)c(S(=O)(=O)NC(CNC(=O)c2ccc3c(CCCNc4ncc[nH]4)nn(C)c3c2)C(=O)O)c(C)c1. The molecule has 2 aromatic carbocycles. The maximum Gasteiger partial charge on any atom is 0.323 e. The highest BCUT2D eigenvalue weighted by molar-refractivity contribution is 7.89. The van der Waals surface area contributed by atoms with Crippen LogP contribution in [0.1, 0.15) is 39.2 Å². The van der Waals surface area contributed by atoms with E-state index in [2.05, 4.69) is 30.4 Å². The van der Waals surface area contributed by atoms with E-state index in [-0.39, 0.29) is 4.90 Å². The van der Waals surface area contributed by atoms with Crippen LogP contribution in [0, 0.1) is 20.8 Å². The fourth-order valence-corrected chi connectivity index (χ4v) is 6.44. The van der Waals surface area contributed by atoms with Crippen LogP contribution in [0.4, 0.5) is 5.95 Å². The van der Waals surface area contributed by atoms with Gasteiger partial charge in [0.2, 0.25) is 10.0 Å². The number of aromatic amines is 1. The first-order chi connectivity index (χ1) is 19.0. The van der Waals surface area contributed by atoms with Crippen molar-refractivity contribution in [2.75, 3.05) is 18.4 Å². The van der Waals surface area contributed by atoms with Crippen molar-refractivity contribution < 1.29 is 23.1 Å². The van der Waals surface area contributed by atoms with Crippen molar-refractivity contribution >= 4 is 38.8 Å². The average Bonchev–Trinajstić information content (AvgIpc) is 3.50. The van der Waals surface area contributed by atoms with Crippen LogP contribution in [-0.4, -0.2) is 64.3 Å². The Morgan fingerprint density at radius 3 is 2.50 bits per heavy atom. The Morgan fingerprint density at radius 2 is 1.85 bits per heavy atom. The summed E-state index contributed by atoms with van der Waals surface area (Å²) < 4.78 is 30.0. The monoisotopic (exact) mass is 567 g/mol. The van der Waals surface area contributed by atoms with Crippen LogP contribution in [0.5, 0.6) is 0 Å². The summed E-state index contributed by atoms with van der Waals surface area (Å²) in [6, 6.07) is 7.01. The van der Waals surface area contributed by atoms with Gasteiger partial charge in [0.05, 0.1) is 16.1 Å². The largest absolute Gasteiger partial charge is 0.480 e. The number of hydrogen-bond donors (Lipinski definition) is 5. The number of carbonyl (C=O) groups excluding carboxylic acids is 1. The molecule has 0 aliphatic carbocycles. The second-order valence-electron chi connectivity index (χ2n) is 9.72. The van der Waals surface area contributed by atoms with Gasteiger partial charge in [0, 0.05) is 43.5 Å². The van der Waals surface area contributed by atoms with E-state index in [1.54, 1.807) is 62.2 Å². The van der Waals surface area contributed by atoms with E-state index in [1.165, 1.54) is 0 Å². The molecule has 0 fully saturated rings. The number of nitrogens with one attached hydrogen (secondary N) is 4. The first kappa shape index (κ1) is 28.8. The Kier molecular flexibility index (Phi) is 8.55. The molecule has 1 unspecified atom stereocenters. The molecule has 4 rings (SSSR count). The molecule has 0 radical (unpaired) electrons. The lowest BCUT2D eigenvalue weighted by Crippen LogP contribution is -2.48. The molecule has 2 heterocycles. The number of aromatic nitrogens is 4. The first-order valence-corrected chi connectivity index (χ1v) is 14.2. The molecular formula is C27H33N7O5S. The number of amides is 1. The van der Waals surface area contributed by atoms with Crippen LogP contribution < -0.4 is 15.4 Å². The maximum atomic E-state index is 13.0. The maximum absolute atomic E-state index is 13.0. The summed E-state index contributed by atoms with van der Waals surface area (Å²) in [4.78, 5) is 31.9. The number of carbonyl (C=O) groups is 2. The molecule has 5 N–H and O–H groups in total. The van der Waals surface area contributed by atoms with Gasteiger partial charge in [0.1, 0.15) is 6.04 Å². The Morgan fingerprint density at radius 1 is 1.12 bits per heavy atom. The van der Waals surface area contributed by atoms with Gasteiger partial charge in [0.15, 0.2) is 5.95 Å². The average molecular weight is 568 g/mol. The molecule has 0 aliphatic heterocycles. The molecule has 0 saturated heterocycles. The zero-order valence-corrected chi connectivity index (χ0v) is 23.6. The smallest absolute Gasteiger partial charge is 0.323 e. The summed E-state index contributed by atoms with van der Waals surface area (Å²) in [6.07, 6.45) is 4.96. The van der Waals surface area contributed by atoms with Gasteiger partial charge in [-0.05, 0) is 56.9 Å². The number of H-pyrrole nitrogens is 1. The molecule has 0 aliphatic rings. The number of sulfonamides is 1. The lowest BCUT2D eigenvalue weighted by Gasteiger charge is -2.18. The number of imidazole rings is 1. The lowest BCUT2D eigenvalue weighted by molar-refractivity contribution is -0.138. The van der Waals surface area contributed by atoms with Crippen molar-refractivity contribution in [1.29, 1.82) is 0 Å². The third kappa shape index (κ3) is 6.49. The Labute approximate surface area is 232 Å². The fraction of sp³-hybridized carbons (Fsp3) is 0.333. The highest BCUT2D eigenvalue weighted by Gasteiger charge is 2.28. The normalized spacial score (nSPS) is 12.4. The standard InChI is InChI=1S/C27H33N7O5S/c1-16-12-17(2)24(18(3)13-16)40(38,39)33-22(26(36)37)15-31-25(35)19-7-8-20-21(32-34(4)23(20)14-19)6-5-9-28-27-29-10-11-30-27/h7-8,10-14,22,33H,5-6,9,15H2,1-4H3,(H,31,35)(H,36,37)(H2,28,29,30). The van der Waals surface area contributed by atoms with E-state index in [0.29, 0.717) is 29.2 Å². The van der Waals surface area contributed by atoms with Crippen molar-refractivity contribution in [2.45, 2.75) is 44.6 Å². The van der Waals surface area contributed by atoms with Gasteiger partial charge in [-0.25, -0.2) is 13.4 Å². The summed E-state index contributed by atoms with van der Waals surface area (Å²) in [6.45, 7) is 5.44. The van der Waals surface area contributed by atoms with Gasteiger partial charge in [-0.2, -0.15) is 9.82 Å². The van der Waals surface area contributed by atoms with Gasteiger partial charge in [-0.1, -0.05) is 23.8 Å². The van der Waals surface area contributed by atoms with Crippen LogP contribution >= 0.6 is 0 Å². The molecule has 0 spiro atoms. The fourth-order valence-electron chi connectivity index (χ4n) is 4.80. The third-order valence-electron chi connectivity index (χ3n) is 6.51. The molecule has 1 amide bonds. The highest BCUT2D eigenvalue weighted by Crippen LogP contribution is 2.23. The van der Waals surface area contributed by atoms with Crippen molar-refractivity contribution in [3.05, 3.63) is 70.7 Å². The lowest BCUT2D eigenvalue weighted by atomic mass is 10.1. The zero-order chi connectivity index (χ0) is 29.0. The molecule has 2 aromatic heterocycles. The van der Waals surface area contributed by atoms with E-state index in [0.717, 1.165) is 35.0 Å². The molecule has 40 heavy (non-hydrogen) atoms. The number of benzene rings is 2. The van der Waals surface area contributed by atoms with Crippen LogP contribution in [0.25, 0.3) is 10.9 Å². The number of carboxylic acid groups (broad SMARTS) is 1. The molecule has 13 heteroatoms. The van der Waals surface area contributed by atoms with Crippen molar-refractivity contribution in [3.8, 4) is 0 Å². The number of fused-ring (bicyclic) bond motifs is 1. The van der Waals surface area contributed by atoms with E-state index in [4.69, 9.17) is 0 Å². The second-order valence-corrected chi connectivity index (χ2v) is 11.4. The molecule has 0 saturated carbocycles. The number of aryl methyl sites for hydroxylation is 5. The molecular weight excluding hydrogens is 534 g/mol. The number of anilines is 1. The summed E-state index contributed by atoms with van der Waals surface area (Å²) in [5, 5.41) is 20.9. The molecule has 212 valence electrons. The number of carboxylic acids is 1. The highest BCUT2D eigenvalue weighted by atomic mass is 32.2. The first-order valence-electron chi connectivity index (χ1n) is 12.8. The molecule has 12 nitrogen and oxygen atoms in total. The van der Waals surface area contributed by atoms with Crippen LogP contribution in [0.15, 0.2) is 47.6 Å². The molecule has 0 bridgehead atoms. The van der Waals surface area contributed by atoms with E-state index < -0.39 is 34.5 Å². The minimum Gasteiger partial charge on any atom is -0.480 e. The van der Waals surface area contributed by atoms with Gasteiger partial charge < -0.3 is 20.7 Å². The number of nitrogens with zero attached hydrogens (tertiary/aromatic N) is 3. The zero-order valence-electron chi connectivity index (χ0n) is 22.8. The second kappa shape index (κ2) is 11.9. The van der Waals surface area contributed by atoms with Gasteiger partial charge >= 0.3 is 5.97 Å². The molecule has 1 atom stereocenters. The van der Waals surface area contributed by atoms with Crippen LogP contribution in [-0.2, 0) is 28.3 Å². The van der Waals surface area contributed by atoms with E-state index in [1.807, 2.05) is 13.0 Å². The van der Waals surface area contributed by atoms with Gasteiger partial charge in [-0.15, -0.1) is 0 Å². The third-order valence-corrected chi connectivity index (χ3v) is 8.28. The number of rotatable bonds is 12.